The summed E-state index contributed by atoms with van der Waals surface area (Å²) in [5.41, 5.74) is 0.914. The van der Waals surface area contributed by atoms with Gasteiger partial charge in [0, 0.05) is 11.8 Å². The Hall–Kier alpha value is -1.97. The van der Waals surface area contributed by atoms with E-state index in [0.29, 0.717) is 0 Å². The van der Waals surface area contributed by atoms with E-state index in [0.717, 1.165) is 17.8 Å². The first kappa shape index (κ1) is 9.58. The summed E-state index contributed by atoms with van der Waals surface area (Å²) in [5, 5.41) is 0. The van der Waals surface area contributed by atoms with Crippen LogP contribution in [0.25, 0.3) is 0 Å². The SMILES string of the molecule is Cc1ccoc1C(=O)c1cncc(F)c1. The molecule has 0 aliphatic carbocycles. The van der Waals surface area contributed by atoms with Gasteiger partial charge in [0.2, 0.25) is 5.78 Å². The van der Waals surface area contributed by atoms with Crippen molar-refractivity contribution < 1.29 is 13.6 Å². The Labute approximate surface area is 85.6 Å². The molecule has 0 unspecified atom stereocenters. The van der Waals surface area contributed by atoms with Gasteiger partial charge >= 0.3 is 0 Å². The summed E-state index contributed by atoms with van der Waals surface area (Å²) in [6.07, 6.45) is 3.79. The smallest absolute Gasteiger partial charge is 0.230 e. The number of hydrogen-bond acceptors (Lipinski definition) is 3. The number of carbonyl (C=O) groups excluding carboxylic acids is 1. The number of nitrogens with zero attached hydrogens (tertiary/aromatic N) is 1. The number of furan rings is 1. The molecule has 2 aromatic heterocycles. The number of rotatable bonds is 2. The topological polar surface area (TPSA) is 43.1 Å². The number of hydrogen-bond donors (Lipinski definition) is 0. The second-order valence-electron chi connectivity index (χ2n) is 3.15. The normalized spacial score (nSPS) is 10.3. The molecule has 0 saturated carbocycles. The highest BCUT2D eigenvalue weighted by Crippen LogP contribution is 2.14. The van der Waals surface area contributed by atoms with Gasteiger partial charge < -0.3 is 4.42 Å². The van der Waals surface area contributed by atoms with Crippen molar-refractivity contribution >= 4 is 5.78 Å². The molecule has 0 N–H and O–H groups in total. The average molecular weight is 205 g/mol. The first-order chi connectivity index (χ1) is 7.18. The molecule has 0 fully saturated rings. The van der Waals surface area contributed by atoms with Crippen LogP contribution in [-0.2, 0) is 0 Å². The van der Waals surface area contributed by atoms with Crippen molar-refractivity contribution in [2.45, 2.75) is 6.92 Å². The van der Waals surface area contributed by atoms with Gasteiger partial charge in [-0.1, -0.05) is 0 Å². The number of aromatic nitrogens is 1. The Morgan fingerprint density at radius 2 is 2.27 bits per heavy atom. The van der Waals surface area contributed by atoms with Gasteiger partial charge in [0.1, 0.15) is 5.82 Å². The molecular formula is C11H8FNO2. The zero-order chi connectivity index (χ0) is 10.8. The summed E-state index contributed by atoms with van der Waals surface area (Å²) in [6, 6.07) is 2.82. The van der Waals surface area contributed by atoms with Crippen LogP contribution in [0.3, 0.4) is 0 Å². The molecule has 0 atom stereocenters. The van der Waals surface area contributed by atoms with E-state index >= 15 is 0 Å². The number of aryl methyl sites for hydroxylation is 1. The maximum Gasteiger partial charge on any atom is 0.230 e. The van der Waals surface area contributed by atoms with Gasteiger partial charge in [0.15, 0.2) is 5.76 Å². The van der Waals surface area contributed by atoms with E-state index in [-0.39, 0.29) is 17.1 Å². The minimum atomic E-state index is -0.537. The van der Waals surface area contributed by atoms with Crippen LogP contribution < -0.4 is 0 Å². The molecule has 76 valence electrons. The average Bonchev–Trinajstić information content (AvgIpc) is 2.63. The summed E-state index contributed by atoms with van der Waals surface area (Å²) in [7, 11) is 0. The zero-order valence-electron chi connectivity index (χ0n) is 8.03. The highest BCUT2D eigenvalue weighted by Gasteiger charge is 2.15. The monoisotopic (exact) mass is 205 g/mol. The second kappa shape index (κ2) is 3.65. The molecule has 3 nitrogen and oxygen atoms in total. The van der Waals surface area contributed by atoms with Gasteiger partial charge in [-0.05, 0) is 24.6 Å². The summed E-state index contributed by atoms with van der Waals surface area (Å²) < 4.78 is 17.8. The molecule has 2 rings (SSSR count). The molecule has 0 spiro atoms. The Morgan fingerprint density at radius 3 is 2.87 bits per heavy atom. The lowest BCUT2D eigenvalue weighted by molar-refractivity contribution is 0.101. The highest BCUT2D eigenvalue weighted by atomic mass is 19.1. The number of pyridine rings is 1. The van der Waals surface area contributed by atoms with E-state index in [2.05, 4.69) is 4.98 Å². The van der Waals surface area contributed by atoms with E-state index < -0.39 is 5.82 Å². The Morgan fingerprint density at radius 1 is 1.47 bits per heavy atom. The van der Waals surface area contributed by atoms with E-state index in [1.54, 1.807) is 13.0 Å². The Balaban J connectivity index is 2.41. The molecule has 0 aliphatic heterocycles. The first-order valence-electron chi connectivity index (χ1n) is 4.38. The minimum absolute atomic E-state index is 0.188. The van der Waals surface area contributed by atoms with Gasteiger partial charge in [-0.3, -0.25) is 9.78 Å². The largest absolute Gasteiger partial charge is 0.461 e. The molecular weight excluding hydrogens is 197 g/mol. The molecule has 0 aromatic carbocycles. The predicted molar refractivity (Wildman–Crippen MR) is 51.1 cm³/mol. The van der Waals surface area contributed by atoms with Crippen LogP contribution >= 0.6 is 0 Å². The first-order valence-corrected chi connectivity index (χ1v) is 4.38. The van der Waals surface area contributed by atoms with Gasteiger partial charge in [-0.15, -0.1) is 0 Å². The van der Waals surface area contributed by atoms with E-state index in [9.17, 15) is 9.18 Å². The van der Waals surface area contributed by atoms with Crippen LogP contribution in [0.4, 0.5) is 4.39 Å². The lowest BCUT2D eigenvalue weighted by Gasteiger charge is -1.98. The van der Waals surface area contributed by atoms with Gasteiger partial charge in [-0.25, -0.2) is 4.39 Å². The number of carbonyl (C=O) groups is 1. The van der Waals surface area contributed by atoms with Crippen LogP contribution in [0.5, 0.6) is 0 Å². The van der Waals surface area contributed by atoms with E-state index in [1.807, 2.05) is 0 Å². The maximum atomic E-state index is 12.8. The van der Waals surface area contributed by atoms with Gasteiger partial charge in [0.25, 0.3) is 0 Å². The fourth-order valence-electron chi connectivity index (χ4n) is 1.27. The van der Waals surface area contributed by atoms with Crippen LogP contribution in [0.2, 0.25) is 0 Å². The third kappa shape index (κ3) is 1.79. The van der Waals surface area contributed by atoms with Crippen molar-refractivity contribution in [1.29, 1.82) is 0 Å². The zero-order valence-corrected chi connectivity index (χ0v) is 8.03. The van der Waals surface area contributed by atoms with Crippen LogP contribution in [0.15, 0.2) is 35.2 Å². The van der Waals surface area contributed by atoms with E-state index in [4.69, 9.17) is 4.42 Å². The van der Waals surface area contributed by atoms with Crippen molar-refractivity contribution in [3.8, 4) is 0 Å². The molecule has 0 amide bonds. The molecule has 2 aromatic rings. The molecule has 0 radical (unpaired) electrons. The predicted octanol–water partition coefficient (Wildman–Crippen LogP) is 2.35. The van der Waals surface area contributed by atoms with Crippen molar-refractivity contribution in [2.24, 2.45) is 0 Å². The Kier molecular flexibility index (Phi) is 2.33. The molecule has 2 heterocycles. The van der Waals surface area contributed by atoms with Crippen LogP contribution in [0, 0.1) is 12.7 Å². The summed E-state index contributed by atoms with van der Waals surface area (Å²) >= 11 is 0. The van der Waals surface area contributed by atoms with Crippen molar-refractivity contribution in [2.75, 3.05) is 0 Å². The third-order valence-corrected chi connectivity index (χ3v) is 2.04. The van der Waals surface area contributed by atoms with Crippen molar-refractivity contribution in [3.63, 3.8) is 0 Å². The van der Waals surface area contributed by atoms with E-state index in [1.165, 1.54) is 12.5 Å². The molecule has 0 bridgehead atoms. The number of halogens is 1. The summed E-state index contributed by atoms with van der Waals surface area (Å²) in [4.78, 5) is 15.4. The van der Waals surface area contributed by atoms with Crippen LogP contribution in [-0.4, -0.2) is 10.8 Å². The lowest BCUT2D eigenvalue weighted by Crippen LogP contribution is -2.02. The standard InChI is InChI=1S/C11H8FNO2/c1-7-2-3-15-11(7)10(14)8-4-9(12)6-13-5-8/h2-6H,1H3. The van der Waals surface area contributed by atoms with Crippen molar-refractivity contribution in [3.05, 3.63) is 53.5 Å². The van der Waals surface area contributed by atoms with Gasteiger partial charge in [-0.2, -0.15) is 0 Å². The van der Waals surface area contributed by atoms with Crippen molar-refractivity contribution in [1.82, 2.24) is 4.98 Å². The fraction of sp³-hybridized carbons (Fsp3) is 0.0909. The molecule has 15 heavy (non-hydrogen) atoms. The fourth-order valence-corrected chi connectivity index (χ4v) is 1.27. The molecule has 0 aliphatic rings. The summed E-state index contributed by atoms with van der Waals surface area (Å²) in [5.74, 6) is -0.669. The minimum Gasteiger partial charge on any atom is -0.461 e. The quantitative estimate of drug-likeness (QED) is 0.707. The lowest BCUT2D eigenvalue weighted by atomic mass is 10.1. The number of ketones is 1. The van der Waals surface area contributed by atoms with Gasteiger partial charge in [0.05, 0.1) is 12.5 Å². The highest BCUT2D eigenvalue weighted by molar-refractivity contribution is 6.07. The molecule has 0 saturated heterocycles. The molecule has 4 heteroatoms. The van der Waals surface area contributed by atoms with Crippen LogP contribution in [0.1, 0.15) is 21.7 Å². The third-order valence-electron chi connectivity index (χ3n) is 2.04. The Bertz CT molecular complexity index is 505. The summed E-state index contributed by atoms with van der Waals surface area (Å²) in [6.45, 7) is 1.75. The second-order valence-corrected chi connectivity index (χ2v) is 3.15. The maximum absolute atomic E-state index is 12.8.